The van der Waals surface area contributed by atoms with Crippen LogP contribution >= 0.6 is 0 Å². The first-order valence-electron chi connectivity index (χ1n) is 12.7. The maximum atomic E-state index is 13.7. The zero-order chi connectivity index (χ0) is 27.0. The Morgan fingerprint density at radius 3 is 2.32 bits per heavy atom. The molecular formula is C28H37N3O6. The molecule has 0 radical (unpaired) electrons. The highest BCUT2D eigenvalue weighted by Gasteiger charge is 2.64. The molecule has 37 heavy (non-hydrogen) atoms. The lowest BCUT2D eigenvalue weighted by Gasteiger charge is -2.37. The van der Waals surface area contributed by atoms with Crippen molar-refractivity contribution in [3.8, 4) is 0 Å². The third-order valence-electron chi connectivity index (χ3n) is 7.39. The van der Waals surface area contributed by atoms with E-state index >= 15 is 0 Å². The molecule has 200 valence electrons. The molecule has 9 nitrogen and oxygen atoms in total. The Morgan fingerprint density at radius 1 is 1.14 bits per heavy atom. The van der Waals surface area contributed by atoms with Crippen molar-refractivity contribution in [1.82, 2.24) is 10.6 Å². The van der Waals surface area contributed by atoms with Crippen LogP contribution in [0.3, 0.4) is 0 Å². The molecule has 0 spiro atoms. The Morgan fingerprint density at radius 2 is 1.76 bits per heavy atom. The molecule has 0 bridgehead atoms. The summed E-state index contributed by atoms with van der Waals surface area (Å²) in [4.78, 5) is 37.6. The standard InChI is InChI=1S/C28H37N3O6/c1-5-19(2)26(37-18-20-12-8-6-9-13-20)23-25(31(34)35)24(21-14-10-7-11-15-21)30-28(23,3)27(33)29-17-16-22(32)36-4/h6-15,19,23-26,30H,5,16-18H2,1-4H3,(H,29,33)/t19-,23-,24-,25-,26?,28-/m0/s1. The first-order chi connectivity index (χ1) is 17.7. The Balaban J connectivity index is 2.02. The number of nitrogens with one attached hydrogen (secondary N) is 2. The minimum atomic E-state index is -1.33. The van der Waals surface area contributed by atoms with Crippen molar-refractivity contribution < 1.29 is 24.0 Å². The van der Waals surface area contributed by atoms with Crippen LogP contribution in [0.25, 0.3) is 0 Å². The molecule has 2 aromatic carbocycles. The number of carbonyl (C=O) groups excluding carboxylic acids is 2. The lowest BCUT2D eigenvalue weighted by Crippen LogP contribution is -2.60. The van der Waals surface area contributed by atoms with Crippen molar-refractivity contribution in [1.29, 1.82) is 0 Å². The van der Waals surface area contributed by atoms with Gasteiger partial charge in [0.05, 0.1) is 32.2 Å². The highest BCUT2D eigenvalue weighted by Crippen LogP contribution is 2.45. The predicted molar refractivity (Wildman–Crippen MR) is 139 cm³/mol. The lowest BCUT2D eigenvalue weighted by molar-refractivity contribution is -0.536. The second-order valence-corrected chi connectivity index (χ2v) is 9.77. The fraction of sp³-hybridized carbons (Fsp3) is 0.500. The third kappa shape index (κ3) is 6.53. The summed E-state index contributed by atoms with van der Waals surface area (Å²) in [5.41, 5.74) is 0.341. The van der Waals surface area contributed by atoms with Gasteiger partial charge >= 0.3 is 5.97 Å². The predicted octanol–water partition coefficient (Wildman–Crippen LogP) is 3.66. The first-order valence-corrected chi connectivity index (χ1v) is 12.7. The van der Waals surface area contributed by atoms with Gasteiger partial charge in [0, 0.05) is 11.5 Å². The van der Waals surface area contributed by atoms with Crippen molar-refractivity contribution >= 4 is 11.9 Å². The van der Waals surface area contributed by atoms with E-state index in [0.29, 0.717) is 0 Å². The van der Waals surface area contributed by atoms with Crippen LogP contribution in [-0.4, -0.2) is 48.1 Å². The van der Waals surface area contributed by atoms with E-state index in [0.717, 1.165) is 17.5 Å². The first kappa shape index (κ1) is 28.3. The van der Waals surface area contributed by atoms with E-state index in [1.165, 1.54) is 7.11 Å². The molecule has 1 aliphatic rings. The summed E-state index contributed by atoms with van der Waals surface area (Å²) in [7, 11) is 1.28. The van der Waals surface area contributed by atoms with Crippen LogP contribution < -0.4 is 10.6 Å². The molecule has 0 aromatic heterocycles. The third-order valence-corrected chi connectivity index (χ3v) is 7.39. The smallest absolute Gasteiger partial charge is 0.307 e. The molecule has 2 aromatic rings. The fourth-order valence-electron chi connectivity index (χ4n) is 5.17. The van der Waals surface area contributed by atoms with Crippen LogP contribution in [-0.2, 0) is 25.7 Å². The number of hydrogen-bond donors (Lipinski definition) is 2. The maximum Gasteiger partial charge on any atom is 0.307 e. The summed E-state index contributed by atoms with van der Waals surface area (Å²) in [5, 5.41) is 18.8. The lowest BCUT2D eigenvalue weighted by atomic mass is 9.74. The summed E-state index contributed by atoms with van der Waals surface area (Å²) in [6.45, 7) is 6.04. The zero-order valence-electron chi connectivity index (χ0n) is 21.9. The molecule has 1 fully saturated rings. The van der Waals surface area contributed by atoms with Crippen LogP contribution in [0.2, 0.25) is 0 Å². The maximum absolute atomic E-state index is 13.7. The van der Waals surface area contributed by atoms with Gasteiger partial charge in [-0.25, -0.2) is 0 Å². The van der Waals surface area contributed by atoms with Crippen LogP contribution in [0, 0.1) is 22.0 Å². The van der Waals surface area contributed by atoms with Crippen molar-refractivity contribution in [3.63, 3.8) is 0 Å². The van der Waals surface area contributed by atoms with Crippen LogP contribution in [0.4, 0.5) is 0 Å². The van der Waals surface area contributed by atoms with Crippen molar-refractivity contribution in [2.75, 3.05) is 13.7 Å². The summed E-state index contributed by atoms with van der Waals surface area (Å²) in [6, 6.07) is 17.0. The number of hydrogen-bond acceptors (Lipinski definition) is 7. The van der Waals surface area contributed by atoms with E-state index in [4.69, 9.17) is 4.74 Å². The molecule has 0 saturated carbocycles. The molecule has 0 aliphatic carbocycles. The Hall–Kier alpha value is -3.30. The average Bonchev–Trinajstić information content (AvgIpc) is 3.24. The van der Waals surface area contributed by atoms with Gasteiger partial charge in [0.25, 0.3) is 0 Å². The fourth-order valence-corrected chi connectivity index (χ4v) is 5.17. The number of rotatable bonds is 12. The number of nitro groups is 1. The van der Waals surface area contributed by atoms with Gasteiger partial charge < -0.3 is 14.8 Å². The van der Waals surface area contributed by atoms with Crippen molar-refractivity contribution in [2.24, 2.45) is 11.8 Å². The average molecular weight is 512 g/mol. The second kappa shape index (κ2) is 12.8. The van der Waals surface area contributed by atoms with E-state index in [-0.39, 0.29) is 30.4 Å². The van der Waals surface area contributed by atoms with E-state index in [1.807, 2.05) is 74.5 Å². The Bertz CT molecular complexity index is 1050. The van der Waals surface area contributed by atoms with Gasteiger partial charge in [-0.05, 0) is 24.0 Å². The molecule has 1 unspecified atom stereocenters. The number of carbonyl (C=O) groups is 2. The molecule has 1 saturated heterocycles. The van der Waals surface area contributed by atoms with Gasteiger partial charge in [-0.2, -0.15) is 0 Å². The number of benzene rings is 2. The number of methoxy groups -OCH3 is 1. The van der Waals surface area contributed by atoms with Gasteiger partial charge in [0.1, 0.15) is 11.6 Å². The monoisotopic (exact) mass is 511 g/mol. The zero-order valence-corrected chi connectivity index (χ0v) is 21.9. The van der Waals surface area contributed by atoms with Crippen LogP contribution in [0.1, 0.15) is 50.8 Å². The molecular weight excluding hydrogens is 474 g/mol. The topological polar surface area (TPSA) is 120 Å². The Kier molecular flexibility index (Phi) is 9.77. The molecule has 2 N–H and O–H groups in total. The van der Waals surface area contributed by atoms with E-state index in [9.17, 15) is 19.7 Å². The Labute approximate surface area is 218 Å². The minimum Gasteiger partial charge on any atom is -0.469 e. The van der Waals surface area contributed by atoms with Gasteiger partial charge in [-0.15, -0.1) is 0 Å². The number of amides is 1. The van der Waals surface area contributed by atoms with Gasteiger partial charge in [-0.1, -0.05) is 80.9 Å². The molecule has 9 heteroatoms. The van der Waals surface area contributed by atoms with E-state index < -0.39 is 41.5 Å². The van der Waals surface area contributed by atoms with Gasteiger partial charge in [0.2, 0.25) is 11.9 Å². The highest BCUT2D eigenvalue weighted by atomic mass is 16.6. The number of ether oxygens (including phenoxy) is 2. The van der Waals surface area contributed by atoms with Crippen LogP contribution in [0.15, 0.2) is 60.7 Å². The molecule has 3 rings (SSSR count). The quantitative estimate of drug-likeness (QED) is 0.253. The van der Waals surface area contributed by atoms with Crippen molar-refractivity contribution in [2.45, 2.75) is 63.9 Å². The summed E-state index contributed by atoms with van der Waals surface area (Å²) in [5.74, 6) is -1.71. The number of nitrogens with zero attached hydrogens (tertiary/aromatic N) is 1. The number of esters is 1. The highest BCUT2D eigenvalue weighted by molar-refractivity contribution is 5.87. The summed E-state index contributed by atoms with van der Waals surface area (Å²) in [6.07, 6.45) is 0.137. The summed E-state index contributed by atoms with van der Waals surface area (Å²) >= 11 is 0. The SMILES string of the molecule is CC[C@H](C)C(OCc1ccccc1)[C@@H]1[C@H]([N+](=O)[O-])[C@H](c2ccccc2)N[C@]1(C)C(=O)NCCC(=O)OC. The summed E-state index contributed by atoms with van der Waals surface area (Å²) < 4.78 is 11.1. The minimum absolute atomic E-state index is 0.00304. The molecule has 6 atom stereocenters. The van der Waals surface area contributed by atoms with E-state index in [1.54, 1.807) is 6.92 Å². The van der Waals surface area contributed by atoms with Gasteiger partial charge in [0.15, 0.2) is 0 Å². The van der Waals surface area contributed by atoms with E-state index in [2.05, 4.69) is 15.4 Å². The van der Waals surface area contributed by atoms with Crippen LogP contribution in [0.5, 0.6) is 0 Å². The van der Waals surface area contributed by atoms with Gasteiger partial charge in [-0.3, -0.25) is 25.0 Å². The second-order valence-electron chi connectivity index (χ2n) is 9.77. The normalized spacial score (nSPS) is 24.7. The molecule has 1 amide bonds. The molecule has 1 heterocycles. The van der Waals surface area contributed by atoms with Crippen molar-refractivity contribution in [3.05, 3.63) is 81.9 Å². The largest absolute Gasteiger partial charge is 0.469 e. The molecule has 1 aliphatic heterocycles.